The number of carbonyl (C=O) groups excluding carboxylic acids is 2. The minimum atomic E-state index is -0.455. The Balaban J connectivity index is 2.10. The third-order valence-corrected chi connectivity index (χ3v) is 3.55. The van der Waals surface area contributed by atoms with E-state index in [0.29, 0.717) is 35.3 Å². The van der Waals surface area contributed by atoms with Gasteiger partial charge in [0.15, 0.2) is 11.5 Å². The van der Waals surface area contributed by atoms with Crippen LogP contribution in [0.4, 0.5) is 0 Å². The van der Waals surface area contributed by atoms with Gasteiger partial charge in [-0.25, -0.2) is 0 Å². The van der Waals surface area contributed by atoms with E-state index in [0.717, 1.165) is 19.3 Å². The van der Waals surface area contributed by atoms with Crippen molar-refractivity contribution in [1.82, 2.24) is 10.9 Å². The molecule has 0 radical (unpaired) electrons. The fourth-order valence-corrected chi connectivity index (χ4v) is 2.21. The molecule has 1 aliphatic rings. The quantitative estimate of drug-likeness (QED) is 0.748. The standard InChI is InChI=1S/C16H21ClN2O4/c1-3-7-23-14-12(17)8-11(9-13(14)22-4-2)16(21)19-18-15(20)10-5-6-10/h8-10H,3-7H2,1-2H3,(H,18,20)(H,19,21). The van der Waals surface area contributed by atoms with Crippen molar-refractivity contribution in [2.24, 2.45) is 5.92 Å². The second kappa shape index (κ2) is 8.06. The summed E-state index contributed by atoms with van der Waals surface area (Å²) in [6.45, 7) is 4.74. The molecule has 0 atom stereocenters. The van der Waals surface area contributed by atoms with Crippen LogP contribution in [0.15, 0.2) is 12.1 Å². The summed E-state index contributed by atoms with van der Waals surface area (Å²) in [5, 5.41) is 0.295. The average Bonchev–Trinajstić information content (AvgIpc) is 3.36. The van der Waals surface area contributed by atoms with Gasteiger partial charge in [0, 0.05) is 11.5 Å². The Hall–Kier alpha value is -1.95. The van der Waals surface area contributed by atoms with Crippen molar-refractivity contribution in [3.8, 4) is 11.5 Å². The van der Waals surface area contributed by atoms with Crippen molar-refractivity contribution in [3.63, 3.8) is 0 Å². The van der Waals surface area contributed by atoms with E-state index in [9.17, 15) is 9.59 Å². The molecular formula is C16H21ClN2O4. The Labute approximate surface area is 140 Å². The van der Waals surface area contributed by atoms with Gasteiger partial charge in [0.05, 0.1) is 18.2 Å². The maximum absolute atomic E-state index is 12.1. The molecule has 1 aromatic carbocycles. The van der Waals surface area contributed by atoms with Gasteiger partial charge in [-0.2, -0.15) is 0 Å². The monoisotopic (exact) mass is 340 g/mol. The van der Waals surface area contributed by atoms with Gasteiger partial charge in [0.2, 0.25) is 5.91 Å². The number of amides is 2. The number of carbonyl (C=O) groups is 2. The molecule has 1 saturated carbocycles. The van der Waals surface area contributed by atoms with Gasteiger partial charge in [-0.05, 0) is 38.3 Å². The molecule has 23 heavy (non-hydrogen) atoms. The van der Waals surface area contributed by atoms with Crippen LogP contribution in [0.1, 0.15) is 43.5 Å². The third-order valence-electron chi connectivity index (χ3n) is 3.27. The van der Waals surface area contributed by atoms with Crippen LogP contribution >= 0.6 is 11.6 Å². The lowest BCUT2D eigenvalue weighted by molar-refractivity contribution is -0.123. The minimum absolute atomic E-state index is 0.0164. The number of hydrazine groups is 1. The zero-order valence-electron chi connectivity index (χ0n) is 13.3. The van der Waals surface area contributed by atoms with Crippen molar-refractivity contribution in [2.45, 2.75) is 33.1 Å². The normalized spacial score (nSPS) is 13.3. The highest BCUT2D eigenvalue weighted by molar-refractivity contribution is 6.32. The van der Waals surface area contributed by atoms with Crippen molar-refractivity contribution in [3.05, 3.63) is 22.7 Å². The van der Waals surface area contributed by atoms with E-state index in [1.165, 1.54) is 6.07 Å². The molecule has 2 rings (SSSR count). The van der Waals surface area contributed by atoms with Crippen molar-refractivity contribution in [2.75, 3.05) is 13.2 Å². The summed E-state index contributed by atoms with van der Waals surface area (Å²) in [6.07, 6.45) is 2.56. The molecule has 6 nitrogen and oxygen atoms in total. The molecule has 0 heterocycles. The molecule has 1 aromatic rings. The van der Waals surface area contributed by atoms with Gasteiger partial charge in [0.1, 0.15) is 0 Å². The van der Waals surface area contributed by atoms with Crippen LogP contribution in [-0.2, 0) is 4.79 Å². The Morgan fingerprint density at radius 1 is 1.22 bits per heavy atom. The first-order valence-electron chi connectivity index (χ1n) is 7.76. The molecule has 2 N–H and O–H groups in total. The molecule has 0 saturated heterocycles. The predicted molar refractivity (Wildman–Crippen MR) is 86.7 cm³/mol. The number of hydrogen-bond acceptors (Lipinski definition) is 4. The summed E-state index contributed by atoms with van der Waals surface area (Å²) in [6, 6.07) is 3.05. The van der Waals surface area contributed by atoms with Gasteiger partial charge in [-0.1, -0.05) is 18.5 Å². The van der Waals surface area contributed by atoms with Crippen LogP contribution in [0.3, 0.4) is 0 Å². The van der Waals surface area contributed by atoms with Crippen LogP contribution in [0.5, 0.6) is 11.5 Å². The van der Waals surface area contributed by atoms with Crippen LogP contribution < -0.4 is 20.3 Å². The molecule has 0 aromatic heterocycles. The van der Waals surface area contributed by atoms with E-state index >= 15 is 0 Å². The van der Waals surface area contributed by atoms with E-state index in [-0.39, 0.29) is 11.8 Å². The van der Waals surface area contributed by atoms with Crippen LogP contribution in [0.25, 0.3) is 0 Å². The first-order valence-corrected chi connectivity index (χ1v) is 8.13. The van der Waals surface area contributed by atoms with Gasteiger partial charge in [0.25, 0.3) is 5.91 Å². The molecule has 126 valence electrons. The van der Waals surface area contributed by atoms with Crippen molar-refractivity contribution >= 4 is 23.4 Å². The maximum Gasteiger partial charge on any atom is 0.269 e. The van der Waals surface area contributed by atoms with E-state index in [4.69, 9.17) is 21.1 Å². The van der Waals surface area contributed by atoms with Gasteiger partial charge in [-0.15, -0.1) is 0 Å². The molecule has 1 aliphatic carbocycles. The van der Waals surface area contributed by atoms with E-state index in [1.807, 2.05) is 13.8 Å². The second-order valence-corrected chi connectivity index (χ2v) is 5.69. The summed E-state index contributed by atoms with van der Waals surface area (Å²) < 4.78 is 11.1. The molecule has 0 bridgehead atoms. The number of ether oxygens (including phenoxy) is 2. The summed E-state index contributed by atoms with van der Waals surface area (Å²) in [5.41, 5.74) is 5.08. The molecule has 1 fully saturated rings. The van der Waals surface area contributed by atoms with E-state index < -0.39 is 5.91 Å². The summed E-state index contributed by atoms with van der Waals surface area (Å²) >= 11 is 6.20. The highest BCUT2D eigenvalue weighted by atomic mass is 35.5. The Kier molecular flexibility index (Phi) is 6.10. The number of rotatable bonds is 7. The Morgan fingerprint density at radius 2 is 1.96 bits per heavy atom. The average molecular weight is 341 g/mol. The molecule has 0 spiro atoms. The van der Waals surface area contributed by atoms with Gasteiger partial charge >= 0.3 is 0 Å². The van der Waals surface area contributed by atoms with Crippen LogP contribution in [0, 0.1) is 5.92 Å². The maximum atomic E-state index is 12.1. The predicted octanol–water partition coefficient (Wildman–Crippen LogP) is 2.70. The minimum Gasteiger partial charge on any atom is -0.490 e. The lowest BCUT2D eigenvalue weighted by Gasteiger charge is -2.15. The lowest BCUT2D eigenvalue weighted by Crippen LogP contribution is -2.42. The fraction of sp³-hybridized carbons (Fsp3) is 0.500. The summed E-state index contributed by atoms with van der Waals surface area (Å²) in [4.78, 5) is 23.7. The highest BCUT2D eigenvalue weighted by Gasteiger charge is 2.29. The highest BCUT2D eigenvalue weighted by Crippen LogP contribution is 2.36. The number of benzene rings is 1. The largest absolute Gasteiger partial charge is 0.490 e. The van der Waals surface area contributed by atoms with Gasteiger partial charge in [-0.3, -0.25) is 20.4 Å². The van der Waals surface area contributed by atoms with Crippen LogP contribution in [0.2, 0.25) is 5.02 Å². The second-order valence-electron chi connectivity index (χ2n) is 5.28. The van der Waals surface area contributed by atoms with E-state index in [2.05, 4.69) is 10.9 Å². The van der Waals surface area contributed by atoms with Gasteiger partial charge < -0.3 is 9.47 Å². The Morgan fingerprint density at radius 3 is 2.57 bits per heavy atom. The number of halogens is 1. The summed E-state index contributed by atoms with van der Waals surface area (Å²) in [7, 11) is 0. The SMILES string of the molecule is CCCOc1c(Cl)cc(C(=O)NNC(=O)C2CC2)cc1OCC. The molecule has 2 amide bonds. The molecule has 7 heteroatoms. The first kappa shape index (κ1) is 17.4. The third kappa shape index (κ3) is 4.76. The van der Waals surface area contributed by atoms with Crippen LogP contribution in [-0.4, -0.2) is 25.0 Å². The number of hydrogen-bond donors (Lipinski definition) is 2. The van der Waals surface area contributed by atoms with Crippen molar-refractivity contribution in [1.29, 1.82) is 0 Å². The topological polar surface area (TPSA) is 76.7 Å². The number of nitrogens with one attached hydrogen (secondary N) is 2. The summed E-state index contributed by atoms with van der Waals surface area (Å²) in [5.74, 6) is 0.227. The van der Waals surface area contributed by atoms with E-state index in [1.54, 1.807) is 6.07 Å². The smallest absolute Gasteiger partial charge is 0.269 e. The molecular weight excluding hydrogens is 320 g/mol. The molecule has 0 aliphatic heterocycles. The zero-order chi connectivity index (χ0) is 16.8. The lowest BCUT2D eigenvalue weighted by atomic mass is 10.2. The van der Waals surface area contributed by atoms with Crippen molar-refractivity contribution < 1.29 is 19.1 Å². The Bertz CT molecular complexity index is 588. The zero-order valence-corrected chi connectivity index (χ0v) is 14.0. The fourth-order valence-electron chi connectivity index (χ4n) is 1.94. The first-order chi connectivity index (χ1) is 11.1. The molecule has 0 unspecified atom stereocenters.